The Balaban J connectivity index is 2.07. The predicted octanol–water partition coefficient (Wildman–Crippen LogP) is 3.93. The molecule has 1 aliphatic rings. The quantitative estimate of drug-likeness (QED) is 0.863. The van der Waals surface area contributed by atoms with E-state index in [1.807, 2.05) is 24.3 Å². The minimum absolute atomic E-state index is 0.178. The van der Waals surface area contributed by atoms with Crippen molar-refractivity contribution in [2.75, 3.05) is 13.1 Å². The van der Waals surface area contributed by atoms with Crippen LogP contribution in [-0.4, -0.2) is 13.1 Å². The van der Waals surface area contributed by atoms with Crippen molar-refractivity contribution in [1.82, 2.24) is 5.32 Å². The molecule has 1 heterocycles. The summed E-state index contributed by atoms with van der Waals surface area (Å²) in [5, 5.41) is 4.70. The second-order valence-electron chi connectivity index (χ2n) is 5.17. The Hall–Kier alpha value is -1.48. The number of hydrogen-bond acceptors (Lipinski definition) is 1. The first-order valence-electron chi connectivity index (χ1n) is 6.76. The normalized spacial score (nSPS) is 17.8. The third-order valence-corrected chi connectivity index (χ3v) is 4.00. The van der Waals surface area contributed by atoms with E-state index in [4.69, 9.17) is 0 Å². The standard InChI is InChI=1S/C16H17F2N/c17-16(18,13-8-10-19-11-9-13)15-7-3-5-12-4-1-2-6-14(12)15/h1-7,13,19H,8-11H2. The zero-order valence-corrected chi connectivity index (χ0v) is 10.7. The zero-order valence-electron chi connectivity index (χ0n) is 10.7. The van der Waals surface area contributed by atoms with Crippen molar-refractivity contribution in [2.45, 2.75) is 18.8 Å². The van der Waals surface area contributed by atoms with Gasteiger partial charge in [0.2, 0.25) is 0 Å². The third-order valence-electron chi connectivity index (χ3n) is 4.00. The van der Waals surface area contributed by atoms with Crippen LogP contribution in [0.3, 0.4) is 0 Å². The summed E-state index contributed by atoms with van der Waals surface area (Å²) in [4.78, 5) is 0. The number of fused-ring (bicyclic) bond motifs is 1. The number of nitrogens with one attached hydrogen (secondary N) is 1. The predicted molar refractivity (Wildman–Crippen MR) is 73.4 cm³/mol. The molecular formula is C16H17F2N. The second kappa shape index (κ2) is 4.89. The van der Waals surface area contributed by atoms with Gasteiger partial charge in [-0.3, -0.25) is 0 Å². The van der Waals surface area contributed by atoms with Gasteiger partial charge in [-0.15, -0.1) is 0 Å². The lowest BCUT2D eigenvalue weighted by Crippen LogP contribution is -2.36. The van der Waals surface area contributed by atoms with Crippen molar-refractivity contribution in [3.05, 3.63) is 48.0 Å². The zero-order chi connectivity index (χ0) is 13.3. The van der Waals surface area contributed by atoms with E-state index in [1.165, 1.54) is 0 Å². The maximum absolute atomic E-state index is 14.7. The van der Waals surface area contributed by atoms with Gasteiger partial charge in [-0.05, 0) is 36.7 Å². The van der Waals surface area contributed by atoms with Crippen LogP contribution in [0, 0.1) is 5.92 Å². The summed E-state index contributed by atoms with van der Waals surface area (Å²) in [6.45, 7) is 1.37. The first kappa shape index (κ1) is 12.5. The number of benzene rings is 2. The Morgan fingerprint density at radius 2 is 1.63 bits per heavy atom. The van der Waals surface area contributed by atoms with E-state index >= 15 is 0 Å². The van der Waals surface area contributed by atoms with Crippen LogP contribution in [0.15, 0.2) is 42.5 Å². The van der Waals surface area contributed by atoms with Gasteiger partial charge in [0.05, 0.1) is 0 Å². The summed E-state index contributed by atoms with van der Waals surface area (Å²) < 4.78 is 29.5. The molecule has 1 N–H and O–H groups in total. The largest absolute Gasteiger partial charge is 0.317 e. The number of piperidine rings is 1. The maximum Gasteiger partial charge on any atom is 0.276 e. The maximum atomic E-state index is 14.7. The van der Waals surface area contributed by atoms with E-state index in [0.29, 0.717) is 31.3 Å². The van der Waals surface area contributed by atoms with Crippen LogP contribution < -0.4 is 5.32 Å². The smallest absolute Gasteiger partial charge is 0.276 e. The molecule has 0 radical (unpaired) electrons. The highest BCUT2D eigenvalue weighted by Crippen LogP contribution is 2.43. The van der Waals surface area contributed by atoms with Gasteiger partial charge in [0.15, 0.2) is 0 Å². The van der Waals surface area contributed by atoms with Crippen molar-refractivity contribution < 1.29 is 8.78 Å². The number of rotatable bonds is 2. The summed E-state index contributed by atoms with van der Waals surface area (Å²) >= 11 is 0. The van der Waals surface area contributed by atoms with Crippen molar-refractivity contribution in [3.63, 3.8) is 0 Å². The van der Waals surface area contributed by atoms with Gasteiger partial charge in [0.1, 0.15) is 0 Å². The van der Waals surface area contributed by atoms with Gasteiger partial charge in [-0.1, -0.05) is 42.5 Å². The Labute approximate surface area is 111 Å². The average molecular weight is 261 g/mol. The molecule has 0 bridgehead atoms. The lowest BCUT2D eigenvalue weighted by Gasteiger charge is -2.31. The molecule has 3 heteroatoms. The second-order valence-corrected chi connectivity index (χ2v) is 5.17. The number of alkyl halides is 2. The van der Waals surface area contributed by atoms with Crippen LogP contribution in [0.4, 0.5) is 8.78 Å². The van der Waals surface area contributed by atoms with Gasteiger partial charge in [-0.2, -0.15) is 0 Å². The average Bonchev–Trinajstić information content (AvgIpc) is 2.47. The van der Waals surface area contributed by atoms with Crippen LogP contribution in [0.2, 0.25) is 0 Å². The molecule has 0 aromatic heterocycles. The molecule has 0 amide bonds. The highest BCUT2D eigenvalue weighted by atomic mass is 19.3. The molecule has 3 rings (SSSR count). The third kappa shape index (κ3) is 2.23. The van der Waals surface area contributed by atoms with Gasteiger partial charge in [-0.25, -0.2) is 8.78 Å². The van der Waals surface area contributed by atoms with E-state index in [-0.39, 0.29) is 5.56 Å². The number of hydrogen-bond donors (Lipinski definition) is 1. The summed E-state index contributed by atoms with van der Waals surface area (Å²) in [5.41, 5.74) is 0.178. The van der Waals surface area contributed by atoms with Crippen LogP contribution >= 0.6 is 0 Å². The summed E-state index contributed by atoms with van der Waals surface area (Å²) in [6.07, 6.45) is 1.08. The van der Waals surface area contributed by atoms with E-state index in [2.05, 4.69) is 5.32 Å². The van der Waals surface area contributed by atoms with E-state index in [1.54, 1.807) is 18.2 Å². The minimum Gasteiger partial charge on any atom is -0.317 e. The lowest BCUT2D eigenvalue weighted by molar-refractivity contribution is -0.0740. The molecule has 2 aromatic carbocycles. The van der Waals surface area contributed by atoms with Gasteiger partial charge in [0, 0.05) is 11.5 Å². The van der Waals surface area contributed by atoms with Crippen molar-refractivity contribution in [3.8, 4) is 0 Å². The van der Waals surface area contributed by atoms with Crippen LogP contribution in [0.5, 0.6) is 0 Å². The van der Waals surface area contributed by atoms with Crippen molar-refractivity contribution >= 4 is 10.8 Å². The molecule has 1 fully saturated rings. The fourth-order valence-corrected chi connectivity index (χ4v) is 2.92. The molecule has 2 aromatic rings. The highest BCUT2D eigenvalue weighted by Gasteiger charge is 2.42. The van der Waals surface area contributed by atoms with Gasteiger partial charge < -0.3 is 5.32 Å². The number of halogens is 2. The highest BCUT2D eigenvalue weighted by molar-refractivity contribution is 5.86. The van der Waals surface area contributed by atoms with Crippen LogP contribution in [-0.2, 0) is 5.92 Å². The van der Waals surface area contributed by atoms with E-state index in [9.17, 15) is 8.78 Å². The monoisotopic (exact) mass is 261 g/mol. The first-order chi connectivity index (χ1) is 9.19. The van der Waals surface area contributed by atoms with E-state index in [0.717, 1.165) is 5.39 Å². The summed E-state index contributed by atoms with van der Waals surface area (Å²) in [7, 11) is 0. The molecule has 100 valence electrons. The molecule has 0 spiro atoms. The van der Waals surface area contributed by atoms with Gasteiger partial charge >= 0.3 is 0 Å². The van der Waals surface area contributed by atoms with Gasteiger partial charge in [0.25, 0.3) is 5.92 Å². The van der Waals surface area contributed by atoms with Crippen molar-refractivity contribution in [2.24, 2.45) is 5.92 Å². The Bertz CT molecular complexity index is 568. The molecule has 0 saturated carbocycles. The Kier molecular flexibility index (Phi) is 3.23. The molecule has 0 atom stereocenters. The van der Waals surface area contributed by atoms with E-state index < -0.39 is 11.8 Å². The summed E-state index contributed by atoms with van der Waals surface area (Å²) in [5.74, 6) is -3.30. The SMILES string of the molecule is FC(F)(c1cccc2ccccc12)C1CCNCC1. The van der Waals surface area contributed by atoms with Crippen molar-refractivity contribution in [1.29, 1.82) is 0 Å². The molecule has 0 aliphatic carbocycles. The van der Waals surface area contributed by atoms with Crippen LogP contribution in [0.25, 0.3) is 10.8 Å². The molecule has 1 saturated heterocycles. The molecule has 1 aliphatic heterocycles. The molecule has 19 heavy (non-hydrogen) atoms. The minimum atomic E-state index is -2.75. The Morgan fingerprint density at radius 1 is 0.947 bits per heavy atom. The first-order valence-corrected chi connectivity index (χ1v) is 6.76. The lowest BCUT2D eigenvalue weighted by atomic mass is 9.85. The Morgan fingerprint density at radius 3 is 2.42 bits per heavy atom. The fourth-order valence-electron chi connectivity index (χ4n) is 2.92. The molecular weight excluding hydrogens is 244 g/mol. The molecule has 0 unspecified atom stereocenters. The topological polar surface area (TPSA) is 12.0 Å². The summed E-state index contributed by atoms with van der Waals surface area (Å²) in [6, 6.07) is 12.6. The molecule has 1 nitrogen and oxygen atoms in total. The van der Waals surface area contributed by atoms with Crippen LogP contribution in [0.1, 0.15) is 18.4 Å². The fraction of sp³-hybridized carbons (Fsp3) is 0.375.